The van der Waals surface area contributed by atoms with E-state index in [1.165, 1.54) is 22.6 Å². The number of benzene rings is 1. The average Bonchev–Trinajstić information content (AvgIpc) is 2.90. The lowest BCUT2D eigenvalue weighted by molar-refractivity contribution is -0.137. The van der Waals surface area contributed by atoms with Crippen LogP contribution >= 0.6 is 11.6 Å². The summed E-state index contributed by atoms with van der Waals surface area (Å²) in [4.78, 5) is 12.3. The molecule has 0 bridgehead atoms. The van der Waals surface area contributed by atoms with Crippen molar-refractivity contribution in [2.24, 2.45) is 7.05 Å². The van der Waals surface area contributed by atoms with E-state index in [1.807, 2.05) is 0 Å². The molecule has 2 heterocycles. The van der Waals surface area contributed by atoms with E-state index < -0.39 is 28.4 Å². The van der Waals surface area contributed by atoms with E-state index in [1.54, 1.807) is 6.92 Å². The molecular formula is C16H14ClF3N4O2. The Kier molecular flexibility index (Phi) is 4.53. The van der Waals surface area contributed by atoms with Gasteiger partial charge >= 0.3 is 6.18 Å². The molecule has 0 radical (unpaired) electrons. The van der Waals surface area contributed by atoms with Gasteiger partial charge in [-0.05, 0) is 24.6 Å². The van der Waals surface area contributed by atoms with Crippen molar-refractivity contribution >= 4 is 22.5 Å². The lowest BCUT2D eigenvalue weighted by Crippen LogP contribution is -2.21. The standard InChI is InChI=1S/C16H14ClF3N4O2/c1-3-24-15(26)12-9(7-21-24)13(23(2)22-12)14(25)8-4-5-10(11(17)6-8)16(18,19)20/h4-7,14,25H,3H2,1-2H3. The minimum absolute atomic E-state index is 0.122. The molecule has 2 aromatic heterocycles. The second-order valence-corrected chi connectivity index (χ2v) is 6.08. The molecule has 10 heteroatoms. The van der Waals surface area contributed by atoms with E-state index in [-0.39, 0.29) is 16.8 Å². The fraction of sp³-hybridized carbons (Fsp3) is 0.312. The number of aliphatic hydroxyl groups is 1. The van der Waals surface area contributed by atoms with Crippen LogP contribution in [0.2, 0.25) is 5.02 Å². The maximum absolute atomic E-state index is 12.8. The molecule has 0 aliphatic carbocycles. The van der Waals surface area contributed by atoms with E-state index in [9.17, 15) is 23.1 Å². The second-order valence-electron chi connectivity index (χ2n) is 5.68. The first-order valence-electron chi connectivity index (χ1n) is 7.62. The number of fused-ring (bicyclic) bond motifs is 1. The fourth-order valence-electron chi connectivity index (χ4n) is 2.78. The van der Waals surface area contributed by atoms with Gasteiger partial charge in [0.05, 0.1) is 27.9 Å². The Labute approximate surface area is 150 Å². The Bertz CT molecular complexity index is 1040. The summed E-state index contributed by atoms with van der Waals surface area (Å²) < 4.78 is 41.0. The summed E-state index contributed by atoms with van der Waals surface area (Å²) in [6.45, 7) is 2.11. The zero-order chi connectivity index (χ0) is 19.2. The minimum Gasteiger partial charge on any atom is -0.382 e. The Morgan fingerprint density at radius 3 is 2.62 bits per heavy atom. The third-order valence-corrected chi connectivity index (χ3v) is 4.38. The molecule has 1 aromatic carbocycles. The summed E-state index contributed by atoms with van der Waals surface area (Å²) >= 11 is 5.72. The molecule has 0 fully saturated rings. The van der Waals surface area contributed by atoms with Crippen molar-refractivity contribution in [1.82, 2.24) is 19.6 Å². The number of halogens is 4. The third kappa shape index (κ3) is 2.97. The van der Waals surface area contributed by atoms with Crippen LogP contribution < -0.4 is 5.56 Å². The molecule has 26 heavy (non-hydrogen) atoms. The monoisotopic (exact) mass is 386 g/mol. The molecule has 0 aliphatic heterocycles. The largest absolute Gasteiger partial charge is 0.417 e. The van der Waals surface area contributed by atoms with Gasteiger partial charge in [0.2, 0.25) is 0 Å². The summed E-state index contributed by atoms with van der Waals surface area (Å²) in [7, 11) is 1.53. The van der Waals surface area contributed by atoms with E-state index in [4.69, 9.17) is 11.6 Å². The first-order chi connectivity index (χ1) is 12.1. The number of aryl methyl sites for hydroxylation is 2. The smallest absolute Gasteiger partial charge is 0.382 e. The highest BCUT2D eigenvalue weighted by molar-refractivity contribution is 6.31. The lowest BCUT2D eigenvalue weighted by atomic mass is 10.0. The van der Waals surface area contributed by atoms with E-state index in [0.29, 0.717) is 11.9 Å². The van der Waals surface area contributed by atoms with Crippen LogP contribution in [0.4, 0.5) is 13.2 Å². The maximum atomic E-state index is 12.8. The molecule has 6 nitrogen and oxygen atoms in total. The number of aromatic nitrogens is 4. The molecule has 1 N–H and O–H groups in total. The molecule has 0 spiro atoms. The summed E-state index contributed by atoms with van der Waals surface area (Å²) in [6.07, 6.45) is -4.52. The maximum Gasteiger partial charge on any atom is 0.417 e. The van der Waals surface area contributed by atoms with Crippen LogP contribution in [-0.4, -0.2) is 24.7 Å². The zero-order valence-electron chi connectivity index (χ0n) is 13.8. The number of hydrogen-bond donors (Lipinski definition) is 1. The fourth-order valence-corrected chi connectivity index (χ4v) is 3.08. The predicted octanol–water partition coefficient (Wildman–Crippen LogP) is 2.90. The Hall–Kier alpha value is -2.39. The average molecular weight is 387 g/mol. The minimum atomic E-state index is -4.59. The number of hydrogen-bond acceptors (Lipinski definition) is 4. The van der Waals surface area contributed by atoms with Crippen LogP contribution in [0.15, 0.2) is 29.2 Å². The van der Waals surface area contributed by atoms with Crippen molar-refractivity contribution in [3.8, 4) is 0 Å². The number of alkyl halides is 3. The molecule has 1 unspecified atom stereocenters. The highest BCUT2D eigenvalue weighted by atomic mass is 35.5. The molecule has 0 saturated carbocycles. The summed E-state index contributed by atoms with van der Waals surface area (Å²) in [6, 6.07) is 3.00. The van der Waals surface area contributed by atoms with Crippen molar-refractivity contribution in [1.29, 1.82) is 0 Å². The quantitative estimate of drug-likeness (QED) is 0.751. The number of aliphatic hydroxyl groups excluding tert-OH is 1. The Morgan fingerprint density at radius 1 is 1.35 bits per heavy atom. The highest BCUT2D eigenvalue weighted by Gasteiger charge is 2.33. The van der Waals surface area contributed by atoms with E-state index in [0.717, 1.165) is 18.2 Å². The van der Waals surface area contributed by atoms with Crippen molar-refractivity contribution in [2.45, 2.75) is 25.7 Å². The van der Waals surface area contributed by atoms with Crippen LogP contribution in [0.1, 0.15) is 29.8 Å². The summed E-state index contributed by atoms with van der Waals surface area (Å²) in [5.74, 6) is 0. The molecule has 3 rings (SSSR count). The molecular weight excluding hydrogens is 373 g/mol. The molecule has 0 amide bonds. The van der Waals surface area contributed by atoms with Gasteiger partial charge in [-0.15, -0.1) is 0 Å². The molecule has 0 aliphatic rings. The predicted molar refractivity (Wildman–Crippen MR) is 89.0 cm³/mol. The zero-order valence-corrected chi connectivity index (χ0v) is 14.5. The Morgan fingerprint density at radius 2 is 2.04 bits per heavy atom. The van der Waals surface area contributed by atoms with Gasteiger partial charge in [-0.1, -0.05) is 17.7 Å². The van der Waals surface area contributed by atoms with Gasteiger partial charge in [0.25, 0.3) is 5.56 Å². The van der Waals surface area contributed by atoms with Crippen molar-refractivity contribution < 1.29 is 18.3 Å². The van der Waals surface area contributed by atoms with Gasteiger partial charge in [-0.25, -0.2) is 4.68 Å². The first-order valence-corrected chi connectivity index (χ1v) is 8.00. The van der Waals surface area contributed by atoms with Gasteiger partial charge in [0, 0.05) is 13.6 Å². The summed E-state index contributed by atoms with van der Waals surface area (Å²) in [5.41, 5.74) is -0.894. The lowest BCUT2D eigenvalue weighted by Gasteiger charge is -2.15. The van der Waals surface area contributed by atoms with Crippen LogP contribution in [0, 0.1) is 0 Å². The van der Waals surface area contributed by atoms with Gasteiger partial charge in [0.15, 0.2) is 5.52 Å². The summed E-state index contributed by atoms with van der Waals surface area (Å²) in [5, 5.41) is 18.6. The van der Waals surface area contributed by atoms with Crippen molar-refractivity contribution in [2.75, 3.05) is 0 Å². The van der Waals surface area contributed by atoms with Crippen LogP contribution in [0.5, 0.6) is 0 Å². The van der Waals surface area contributed by atoms with Crippen LogP contribution in [-0.2, 0) is 19.8 Å². The van der Waals surface area contributed by atoms with Crippen LogP contribution in [0.25, 0.3) is 10.9 Å². The molecule has 3 aromatic rings. The van der Waals surface area contributed by atoms with Crippen molar-refractivity contribution in [3.63, 3.8) is 0 Å². The molecule has 0 saturated heterocycles. The SMILES string of the molecule is CCn1ncc2c(C(O)c3ccc(C(F)(F)F)c(Cl)c3)n(C)nc2c1=O. The van der Waals surface area contributed by atoms with Gasteiger partial charge in [-0.2, -0.15) is 23.4 Å². The Balaban J connectivity index is 2.13. The van der Waals surface area contributed by atoms with Gasteiger partial charge in [0.1, 0.15) is 6.10 Å². The van der Waals surface area contributed by atoms with Crippen molar-refractivity contribution in [3.05, 3.63) is 56.6 Å². The van der Waals surface area contributed by atoms with E-state index >= 15 is 0 Å². The molecule has 1 atom stereocenters. The first kappa shape index (κ1) is 18.4. The number of nitrogens with zero attached hydrogens (tertiary/aromatic N) is 4. The number of rotatable bonds is 3. The normalized spacial score (nSPS) is 13.3. The third-order valence-electron chi connectivity index (χ3n) is 4.07. The van der Waals surface area contributed by atoms with Gasteiger partial charge < -0.3 is 5.11 Å². The van der Waals surface area contributed by atoms with Gasteiger partial charge in [-0.3, -0.25) is 9.48 Å². The highest BCUT2D eigenvalue weighted by Crippen LogP contribution is 2.37. The van der Waals surface area contributed by atoms with E-state index in [2.05, 4.69) is 10.2 Å². The topological polar surface area (TPSA) is 72.9 Å². The van der Waals surface area contributed by atoms with Crippen LogP contribution in [0.3, 0.4) is 0 Å². The molecule has 138 valence electrons. The second kappa shape index (κ2) is 6.40.